The van der Waals surface area contributed by atoms with E-state index in [1.165, 1.54) is 10.9 Å². The van der Waals surface area contributed by atoms with Gasteiger partial charge in [0.1, 0.15) is 0 Å². The van der Waals surface area contributed by atoms with Gasteiger partial charge in [0.25, 0.3) is 11.5 Å². The van der Waals surface area contributed by atoms with Crippen LogP contribution in [0, 0.1) is 0 Å². The number of ether oxygens (including phenoxy) is 1. The topological polar surface area (TPSA) is 86.1 Å². The van der Waals surface area contributed by atoms with Crippen molar-refractivity contribution in [1.29, 1.82) is 0 Å². The number of aromatic nitrogens is 3. The molecule has 0 aromatic carbocycles. The van der Waals surface area contributed by atoms with Crippen molar-refractivity contribution in [3.8, 4) is 5.88 Å². The molecule has 1 aliphatic carbocycles. The van der Waals surface area contributed by atoms with E-state index in [1.807, 2.05) is 6.92 Å². The predicted molar refractivity (Wildman–Crippen MR) is 92.9 cm³/mol. The van der Waals surface area contributed by atoms with Crippen LogP contribution in [0.4, 0.5) is 0 Å². The molecule has 1 amide bonds. The Hall–Kier alpha value is -2.70. The maximum atomic E-state index is 12.1. The summed E-state index contributed by atoms with van der Waals surface area (Å²) in [6.07, 6.45) is 5.55. The number of hydrogen-bond donors (Lipinski definition) is 1. The third-order valence-corrected chi connectivity index (χ3v) is 4.17. The van der Waals surface area contributed by atoms with Crippen molar-refractivity contribution in [2.24, 2.45) is 0 Å². The number of nitrogens with zero attached hydrogens (tertiary/aromatic N) is 3. The Kier molecular flexibility index (Phi) is 5.42. The summed E-state index contributed by atoms with van der Waals surface area (Å²) >= 11 is 0. The fraction of sp³-hybridized carbons (Fsp3) is 0.444. The van der Waals surface area contributed by atoms with Crippen LogP contribution < -0.4 is 15.6 Å². The molecule has 25 heavy (non-hydrogen) atoms. The Morgan fingerprint density at radius 1 is 1.32 bits per heavy atom. The highest BCUT2D eigenvalue weighted by Gasteiger charge is 2.13. The van der Waals surface area contributed by atoms with E-state index in [2.05, 4.69) is 15.4 Å². The summed E-state index contributed by atoms with van der Waals surface area (Å²) < 4.78 is 6.68. The number of pyridine rings is 1. The van der Waals surface area contributed by atoms with Gasteiger partial charge in [-0.25, -0.2) is 9.67 Å². The maximum absolute atomic E-state index is 12.1. The van der Waals surface area contributed by atoms with Gasteiger partial charge in [0.2, 0.25) is 5.88 Å². The van der Waals surface area contributed by atoms with Gasteiger partial charge in [-0.2, -0.15) is 5.10 Å². The van der Waals surface area contributed by atoms with Crippen LogP contribution in [-0.2, 0) is 19.4 Å². The summed E-state index contributed by atoms with van der Waals surface area (Å²) in [5.41, 5.74) is 2.41. The summed E-state index contributed by atoms with van der Waals surface area (Å²) in [7, 11) is 0. The minimum absolute atomic E-state index is 0.113. The van der Waals surface area contributed by atoms with Crippen molar-refractivity contribution in [3.05, 3.63) is 51.6 Å². The maximum Gasteiger partial charge on any atom is 0.267 e. The molecule has 0 aliphatic heterocycles. The van der Waals surface area contributed by atoms with Gasteiger partial charge in [-0.05, 0) is 44.2 Å². The summed E-state index contributed by atoms with van der Waals surface area (Å²) in [4.78, 5) is 28.3. The van der Waals surface area contributed by atoms with Gasteiger partial charge in [-0.3, -0.25) is 9.59 Å². The van der Waals surface area contributed by atoms with Crippen LogP contribution in [0.3, 0.4) is 0 Å². The quantitative estimate of drug-likeness (QED) is 0.856. The first-order valence-corrected chi connectivity index (χ1v) is 8.64. The van der Waals surface area contributed by atoms with Gasteiger partial charge in [-0.15, -0.1) is 0 Å². The Balaban J connectivity index is 1.57. The van der Waals surface area contributed by atoms with Gasteiger partial charge < -0.3 is 10.1 Å². The van der Waals surface area contributed by atoms with E-state index in [9.17, 15) is 9.59 Å². The molecule has 0 radical (unpaired) electrons. The van der Waals surface area contributed by atoms with Gasteiger partial charge in [0.15, 0.2) is 0 Å². The second-order valence-corrected chi connectivity index (χ2v) is 5.96. The molecular formula is C18H22N4O3. The molecule has 7 nitrogen and oxygen atoms in total. The Labute approximate surface area is 146 Å². The number of nitrogens with one attached hydrogen (secondary N) is 1. The van der Waals surface area contributed by atoms with E-state index in [4.69, 9.17) is 4.74 Å². The fourth-order valence-corrected chi connectivity index (χ4v) is 2.89. The van der Waals surface area contributed by atoms with Crippen LogP contribution >= 0.6 is 0 Å². The number of hydrogen-bond acceptors (Lipinski definition) is 5. The zero-order valence-electron chi connectivity index (χ0n) is 14.3. The number of amides is 1. The first-order chi connectivity index (χ1) is 12.2. The zero-order chi connectivity index (χ0) is 17.6. The Morgan fingerprint density at radius 3 is 2.92 bits per heavy atom. The number of rotatable bonds is 6. The molecule has 0 atom stereocenters. The van der Waals surface area contributed by atoms with Crippen molar-refractivity contribution < 1.29 is 9.53 Å². The first kappa shape index (κ1) is 17.1. The zero-order valence-corrected chi connectivity index (χ0v) is 14.3. The lowest BCUT2D eigenvalue weighted by molar-refractivity contribution is 0.0951. The normalized spacial score (nSPS) is 13.2. The number of carbonyl (C=O) groups is 1. The molecule has 0 saturated heterocycles. The molecule has 0 fully saturated rings. The SMILES string of the molecule is CCOc1ccc(C(=O)NCCn2nc3c(cc2=O)CCCC3)cn1. The highest BCUT2D eigenvalue weighted by atomic mass is 16.5. The van der Waals surface area contributed by atoms with E-state index in [0.717, 1.165) is 36.9 Å². The molecule has 0 bridgehead atoms. The number of fused-ring (bicyclic) bond motifs is 1. The third kappa shape index (κ3) is 4.23. The van der Waals surface area contributed by atoms with E-state index in [0.29, 0.717) is 31.1 Å². The second kappa shape index (κ2) is 7.92. The Morgan fingerprint density at radius 2 is 2.16 bits per heavy atom. The minimum Gasteiger partial charge on any atom is -0.478 e. The molecule has 0 unspecified atom stereocenters. The molecule has 1 aliphatic rings. The predicted octanol–water partition coefficient (Wildman–Crippen LogP) is 1.35. The van der Waals surface area contributed by atoms with Gasteiger partial charge in [-0.1, -0.05) is 0 Å². The first-order valence-electron chi connectivity index (χ1n) is 8.64. The van der Waals surface area contributed by atoms with Crippen LogP contribution in [0.1, 0.15) is 41.4 Å². The van der Waals surface area contributed by atoms with Crippen molar-refractivity contribution in [3.63, 3.8) is 0 Å². The highest BCUT2D eigenvalue weighted by Crippen LogP contribution is 2.16. The van der Waals surface area contributed by atoms with Crippen molar-refractivity contribution in [1.82, 2.24) is 20.1 Å². The lowest BCUT2D eigenvalue weighted by Gasteiger charge is -2.16. The van der Waals surface area contributed by atoms with Crippen molar-refractivity contribution in [2.75, 3.05) is 13.2 Å². The molecule has 0 saturated carbocycles. The molecule has 132 valence electrons. The molecule has 2 heterocycles. The van der Waals surface area contributed by atoms with Crippen LogP contribution in [-0.4, -0.2) is 33.8 Å². The van der Waals surface area contributed by atoms with E-state index >= 15 is 0 Å². The molecule has 7 heteroatoms. The average Bonchev–Trinajstić information content (AvgIpc) is 2.63. The minimum atomic E-state index is -0.235. The molecular weight excluding hydrogens is 320 g/mol. The average molecular weight is 342 g/mol. The second-order valence-electron chi connectivity index (χ2n) is 5.96. The lowest BCUT2D eigenvalue weighted by atomic mass is 9.97. The standard InChI is InChI=1S/C18H22N4O3/c1-2-25-16-8-7-14(12-20-16)18(24)19-9-10-22-17(23)11-13-5-3-4-6-15(13)21-22/h7-8,11-12H,2-6,9-10H2,1H3,(H,19,24). The molecule has 3 rings (SSSR count). The van der Waals surface area contributed by atoms with Gasteiger partial charge >= 0.3 is 0 Å². The van der Waals surface area contributed by atoms with E-state index in [-0.39, 0.29) is 11.5 Å². The van der Waals surface area contributed by atoms with Crippen LogP contribution in [0.15, 0.2) is 29.2 Å². The van der Waals surface area contributed by atoms with Crippen LogP contribution in [0.25, 0.3) is 0 Å². The van der Waals surface area contributed by atoms with Crippen LogP contribution in [0.2, 0.25) is 0 Å². The molecule has 1 N–H and O–H groups in total. The third-order valence-electron chi connectivity index (χ3n) is 4.17. The molecule has 2 aromatic heterocycles. The van der Waals surface area contributed by atoms with Gasteiger partial charge in [0, 0.05) is 24.9 Å². The monoisotopic (exact) mass is 342 g/mol. The summed E-state index contributed by atoms with van der Waals surface area (Å²) in [5, 5.41) is 7.23. The van der Waals surface area contributed by atoms with Crippen molar-refractivity contribution in [2.45, 2.75) is 39.2 Å². The van der Waals surface area contributed by atoms with Gasteiger partial charge in [0.05, 0.1) is 24.4 Å². The summed E-state index contributed by atoms with van der Waals surface area (Å²) in [6.45, 7) is 3.08. The largest absolute Gasteiger partial charge is 0.478 e. The fourth-order valence-electron chi connectivity index (χ4n) is 2.89. The summed E-state index contributed by atoms with van der Waals surface area (Å²) in [5.74, 6) is 0.255. The number of aryl methyl sites for hydroxylation is 2. The summed E-state index contributed by atoms with van der Waals surface area (Å²) in [6, 6.07) is 5.00. The molecule has 0 spiro atoms. The van der Waals surface area contributed by atoms with Crippen LogP contribution in [0.5, 0.6) is 5.88 Å². The smallest absolute Gasteiger partial charge is 0.267 e. The molecule has 2 aromatic rings. The highest BCUT2D eigenvalue weighted by molar-refractivity contribution is 5.93. The van der Waals surface area contributed by atoms with E-state index < -0.39 is 0 Å². The number of carbonyl (C=O) groups excluding carboxylic acids is 1. The Bertz CT molecular complexity index is 799. The lowest BCUT2D eigenvalue weighted by Crippen LogP contribution is -2.33. The van der Waals surface area contributed by atoms with E-state index in [1.54, 1.807) is 18.2 Å². The van der Waals surface area contributed by atoms with Crippen molar-refractivity contribution >= 4 is 5.91 Å².